The molecule has 0 unspecified atom stereocenters. The first-order valence-electron chi connectivity index (χ1n) is 13.6. The van der Waals surface area contributed by atoms with Gasteiger partial charge >= 0.3 is 0 Å². The Kier molecular flexibility index (Phi) is 9.34. The van der Waals surface area contributed by atoms with Gasteiger partial charge in [0, 0.05) is 65.0 Å². The summed E-state index contributed by atoms with van der Waals surface area (Å²) in [7, 11) is 3.79. The molecule has 43 heavy (non-hydrogen) atoms. The van der Waals surface area contributed by atoms with Crippen molar-refractivity contribution in [3.05, 3.63) is 106 Å². The van der Waals surface area contributed by atoms with E-state index in [0.29, 0.717) is 29.1 Å². The Balaban J connectivity index is 0.000000165. The largest absolute Gasteiger partial charge is 0.346 e. The molecular formula is C33H32N8O2. The van der Waals surface area contributed by atoms with Crippen molar-refractivity contribution in [2.75, 3.05) is 0 Å². The number of nitriles is 2. The summed E-state index contributed by atoms with van der Waals surface area (Å²) in [5, 5.41) is 28.1. The van der Waals surface area contributed by atoms with Gasteiger partial charge in [-0.2, -0.15) is 20.7 Å². The molecule has 0 spiro atoms. The number of hydrogen-bond donors (Lipinski definition) is 1. The first kappa shape index (κ1) is 30.2. The lowest BCUT2D eigenvalue weighted by molar-refractivity contribution is 0.111. The molecule has 0 saturated carbocycles. The van der Waals surface area contributed by atoms with Crippen LogP contribution in [0.25, 0.3) is 21.8 Å². The minimum Gasteiger partial charge on any atom is -0.346 e. The summed E-state index contributed by atoms with van der Waals surface area (Å²) < 4.78 is 5.51. The van der Waals surface area contributed by atoms with E-state index in [1.165, 1.54) is 5.56 Å². The third-order valence-electron chi connectivity index (χ3n) is 7.27. The Hall–Kier alpha value is -5.74. The molecule has 0 atom stereocenters. The van der Waals surface area contributed by atoms with Crippen LogP contribution in [0.2, 0.25) is 0 Å². The van der Waals surface area contributed by atoms with Crippen molar-refractivity contribution in [1.82, 2.24) is 29.1 Å². The smallest absolute Gasteiger partial charge is 0.150 e. The third kappa shape index (κ3) is 6.61. The monoisotopic (exact) mass is 572 g/mol. The van der Waals surface area contributed by atoms with E-state index in [9.17, 15) is 14.9 Å². The van der Waals surface area contributed by atoms with Crippen molar-refractivity contribution in [2.24, 2.45) is 14.1 Å². The number of aryl methyl sites for hydroxylation is 5. The Morgan fingerprint density at radius 1 is 0.837 bits per heavy atom. The van der Waals surface area contributed by atoms with E-state index in [1.54, 1.807) is 29.1 Å². The van der Waals surface area contributed by atoms with Crippen molar-refractivity contribution in [2.45, 2.75) is 33.7 Å². The molecule has 0 bridgehead atoms. The van der Waals surface area contributed by atoms with Crippen LogP contribution >= 0.6 is 0 Å². The van der Waals surface area contributed by atoms with Crippen LogP contribution < -0.4 is 0 Å². The number of rotatable bonds is 5. The number of fused-ring (bicyclic) bond motifs is 2. The minimum absolute atomic E-state index is 0.520. The lowest BCUT2D eigenvalue weighted by Crippen LogP contribution is -2.01. The standard InChI is InChI=1S/C16H14N4O.C11H8N2O.C6H10N2/c1-11-13(10-21)3-4-16-15(11)5-14(6-17)20(16)9-12-7-18-19(2)8-12;1-7-8(6-14)2-3-11-10(7)4-9(5-12)13-11;1-3-6-4-7-8(2)5-6/h3-5,7-8,10H,9H2,1-2H3;2-4,6,13H,1H3;4-5H,3H2,1-2H3. The second kappa shape index (κ2) is 13.3. The summed E-state index contributed by atoms with van der Waals surface area (Å²) in [5.41, 5.74) is 8.43. The number of H-pyrrole nitrogens is 1. The fourth-order valence-electron chi connectivity index (χ4n) is 4.83. The van der Waals surface area contributed by atoms with Gasteiger partial charge in [0.15, 0.2) is 0 Å². The Morgan fingerprint density at radius 3 is 1.95 bits per heavy atom. The van der Waals surface area contributed by atoms with Crippen molar-refractivity contribution >= 4 is 34.4 Å². The van der Waals surface area contributed by atoms with Crippen molar-refractivity contribution in [3.63, 3.8) is 0 Å². The molecule has 6 rings (SSSR count). The number of aromatic amines is 1. The molecule has 0 aliphatic carbocycles. The number of carbonyl (C=O) groups excluding carboxylic acids is 2. The molecule has 0 aliphatic heterocycles. The number of benzene rings is 2. The number of aromatic nitrogens is 6. The number of nitrogens with one attached hydrogen (secondary N) is 1. The predicted octanol–water partition coefficient (Wildman–Crippen LogP) is 5.56. The van der Waals surface area contributed by atoms with Gasteiger partial charge in [0.25, 0.3) is 0 Å². The second-order valence-electron chi connectivity index (χ2n) is 10.1. The highest BCUT2D eigenvalue weighted by atomic mass is 16.1. The molecule has 0 saturated heterocycles. The summed E-state index contributed by atoms with van der Waals surface area (Å²) in [6.45, 7) is 6.49. The lowest BCUT2D eigenvalue weighted by atomic mass is 10.1. The average molecular weight is 573 g/mol. The molecule has 216 valence electrons. The Bertz CT molecular complexity index is 2010. The first-order chi connectivity index (χ1) is 20.7. The summed E-state index contributed by atoms with van der Waals surface area (Å²) in [6, 6.07) is 15.1. The molecule has 4 aromatic heterocycles. The molecule has 1 N–H and O–H groups in total. The van der Waals surface area contributed by atoms with Crippen LogP contribution in [0.4, 0.5) is 0 Å². The number of carbonyl (C=O) groups is 2. The van der Waals surface area contributed by atoms with E-state index in [4.69, 9.17) is 5.26 Å². The average Bonchev–Trinajstić information content (AvgIpc) is 3.81. The molecule has 6 aromatic rings. The van der Waals surface area contributed by atoms with Gasteiger partial charge in [0.1, 0.15) is 36.1 Å². The molecule has 10 heteroatoms. The molecule has 0 fully saturated rings. The fraction of sp³-hybridized carbons (Fsp3) is 0.212. The van der Waals surface area contributed by atoms with Gasteiger partial charge in [-0.05, 0) is 73.4 Å². The maximum Gasteiger partial charge on any atom is 0.150 e. The molecule has 10 nitrogen and oxygen atoms in total. The van der Waals surface area contributed by atoms with Crippen molar-refractivity contribution in [1.29, 1.82) is 10.5 Å². The first-order valence-corrected chi connectivity index (χ1v) is 13.6. The van der Waals surface area contributed by atoms with Gasteiger partial charge in [0.05, 0.1) is 18.9 Å². The lowest BCUT2D eigenvalue weighted by Gasteiger charge is -2.06. The zero-order valence-electron chi connectivity index (χ0n) is 24.8. The van der Waals surface area contributed by atoms with Gasteiger partial charge in [0.2, 0.25) is 0 Å². The normalized spacial score (nSPS) is 10.3. The van der Waals surface area contributed by atoms with Crippen LogP contribution in [0, 0.1) is 36.5 Å². The fourth-order valence-corrected chi connectivity index (χ4v) is 4.83. The molecule has 0 amide bonds. The molecule has 4 heterocycles. The molecule has 2 aromatic carbocycles. The van der Waals surface area contributed by atoms with Crippen LogP contribution in [-0.2, 0) is 27.1 Å². The number of nitrogens with zero attached hydrogens (tertiary/aromatic N) is 7. The second-order valence-corrected chi connectivity index (χ2v) is 10.1. The maximum absolute atomic E-state index is 11.0. The Morgan fingerprint density at radius 2 is 1.44 bits per heavy atom. The van der Waals surface area contributed by atoms with E-state index in [1.807, 2.05) is 80.1 Å². The van der Waals surface area contributed by atoms with Crippen molar-refractivity contribution < 1.29 is 9.59 Å². The summed E-state index contributed by atoms with van der Waals surface area (Å²) in [5.74, 6) is 0. The topological polar surface area (TPSA) is 138 Å². The number of hydrogen-bond acceptors (Lipinski definition) is 6. The summed E-state index contributed by atoms with van der Waals surface area (Å²) >= 11 is 0. The molecule has 0 aliphatic rings. The maximum atomic E-state index is 11.0. The third-order valence-corrected chi connectivity index (χ3v) is 7.27. The highest BCUT2D eigenvalue weighted by molar-refractivity contribution is 5.93. The van der Waals surface area contributed by atoms with Gasteiger partial charge in [-0.3, -0.25) is 19.0 Å². The zero-order chi connectivity index (χ0) is 31.1. The zero-order valence-corrected chi connectivity index (χ0v) is 24.8. The molecular weight excluding hydrogens is 540 g/mol. The van der Waals surface area contributed by atoms with Crippen LogP contribution in [0.1, 0.15) is 61.3 Å². The van der Waals surface area contributed by atoms with Gasteiger partial charge in [-0.25, -0.2) is 0 Å². The van der Waals surface area contributed by atoms with E-state index in [-0.39, 0.29) is 0 Å². The van der Waals surface area contributed by atoms with Crippen LogP contribution in [0.5, 0.6) is 0 Å². The van der Waals surface area contributed by atoms with E-state index in [0.717, 1.165) is 57.5 Å². The highest BCUT2D eigenvalue weighted by Gasteiger charge is 2.13. The minimum atomic E-state index is 0.520. The van der Waals surface area contributed by atoms with Gasteiger partial charge < -0.3 is 9.55 Å². The summed E-state index contributed by atoms with van der Waals surface area (Å²) in [4.78, 5) is 24.7. The predicted molar refractivity (Wildman–Crippen MR) is 165 cm³/mol. The quantitative estimate of drug-likeness (QED) is 0.269. The van der Waals surface area contributed by atoms with E-state index in [2.05, 4.69) is 28.2 Å². The SMILES string of the molecule is CCc1cnn(C)c1.Cc1c(C=O)ccc2[nH]c(C#N)cc12.Cc1c(C=O)ccc2c1cc(C#N)n2Cc1cnn(C)c1. The van der Waals surface area contributed by atoms with Crippen LogP contribution in [0.3, 0.4) is 0 Å². The number of aldehydes is 2. The van der Waals surface area contributed by atoms with E-state index < -0.39 is 0 Å². The van der Waals surface area contributed by atoms with Gasteiger partial charge in [-0.15, -0.1) is 0 Å². The van der Waals surface area contributed by atoms with Gasteiger partial charge in [-0.1, -0.05) is 6.92 Å². The van der Waals surface area contributed by atoms with Crippen LogP contribution in [-0.4, -0.2) is 41.7 Å². The van der Waals surface area contributed by atoms with E-state index >= 15 is 0 Å². The summed E-state index contributed by atoms with van der Waals surface area (Å²) in [6.07, 6.45) is 10.4. The molecule has 0 radical (unpaired) electrons. The van der Waals surface area contributed by atoms with Crippen LogP contribution in [0.15, 0.2) is 61.2 Å². The van der Waals surface area contributed by atoms with Crippen molar-refractivity contribution in [3.8, 4) is 12.1 Å². The Labute approximate surface area is 249 Å². The highest BCUT2D eigenvalue weighted by Crippen LogP contribution is 2.26.